The lowest BCUT2D eigenvalue weighted by molar-refractivity contribution is -0.128. The van der Waals surface area contributed by atoms with E-state index in [0.717, 1.165) is 4.68 Å². The van der Waals surface area contributed by atoms with Crippen molar-refractivity contribution in [2.45, 2.75) is 40.2 Å². The molecule has 1 rings (SSSR count). The van der Waals surface area contributed by atoms with Gasteiger partial charge in [0.1, 0.15) is 18.4 Å². The van der Waals surface area contributed by atoms with Gasteiger partial charge in [0.25, 0.3) is 0 Å². The van der Waals surface area contributed by atoms with Gasteiger partial charge < -0.3 is 5.32 Å². The Labute approximate surface area is 117 Å². The van der Waals surface area contributed by atoms with Gasteiger partial charge in [0, 0.05) is 18.3 Å². The third kappa shape index (κ3) is 4.25. The molecule has 0 fully saturated rings. The highest BCUT2D eigenvalue weighted by Gasteiger charge is 2.27. The van der Waals surface area contributed by atoms with Crippen molar-refractivity contribution in [1.82, 2.24) is 20.1 Å². The number of hydrogen-bond donors (Lipinski definition) is 1. The summed E-state index contributed by atoms with van der Waals surface area (Å²) < 4.78 is 0.987. The average molecular weight is 280 g/mol. The van der Waals surface area contributed by atoms with Crippen LogP contribution in [-0.2, 0) is 9.59 Å². The van der Waals surface area contributed by atoms with Gasteiger partial charge in [0.2, 0.25) is 0 Å². The fourth-order valence-electron chi connectivity index (χ4n) is 1.59. The molecule has 1 N–H and O–H groups in total. The van der Waals surface area contributed by atoms with E-state index in [9.17, 15) is 14.4 Å². The molecule has 1 heterocycles. The van der Waals surface area contributed by atoms with Crippen molar-refractivity contribution in [3.8, 4) is 0 Å². The summed E-state index contributed by atoms with van der Waals surface area (Å²) in [4.78, 5) is 39.4. The van der Waals surface area contributed by atoms with Crippen LogP contribution in [0.25, 0.3) is 0 Å². The molecule has 0 saturated carbocycles. The predicted molar refractivity (Wildman–Crippen MR) is 72.0 cm³/mol. The van der Waals surface area contributed by atoms with Crippen LogP contribution in [0.15, 0.2) is 12.7 Å². The summed E-state index contributed by atoms with van der Waals surface area (Å²) in [7, 11) is 0. The van der Waals surface area contributed by atoms with Crippen LogP contribution in [-0.4, -0.2) is 38.4 Å². The summed E-state index contributed by atoms with van der Waals surface area (Å²) in [5.74, 6) is -0.688. The number of rotatable bonds is 6. The molecule has 20 heavy (non-hydrogen) atoms. The lowest BCUT2D eigenvalue weighted by Crippen LogP contribution is -2.46. The summed E-state index contributed by atoms with van der Waals surface area (Å²) in [6, 6.07) is -1.40. The topological polar surface area (TPSA) is 93.9 Å². The van der Waals surface area contributed by atoms with Crippen LogP contribution >= 0.6 is 0 Å². The molecule has 7 heteroatoms. The summed E-state index contributed by atoms with van der Waals surface area (Å²) >= 11 is 0. The Bertz CT molecular complexity index is 480. The second-order valence-corrected chi connectivity index (χ2v) is 5.22. The SMILES string of the molecule is CC(C)C(=O)CC(NC(=O)n1cncn1)C(=O)C(C)C. The molecule has 0 aliphatic rings. The number of carbonyl (C=O) groups is 3. The van der Waals surface area contributed by atoms with Crippen molar-refractivity contribution in [1.29, 1.82) is 0 Å². The first kappa shape index (κ1) is 16.0. The molecular weight excluding hydrogens is 260 g/mol. The average Bonchev–Trinajstić information content (AvgIpc) is 2.90. The Morgan fingerprint density at radius 3 is 2.25 bits per heavy atom. The molecule has 0 radical (unpaired) electrons. The van der Waals surface area contributed by atoms with Crippen LogP contribution < -0.4 is 5.32 Å². The zero-order valence-electron chi connectivity index (χ0n) is 12.2. The van der Waals surface area contributed by atoms with Gasteiger partial charge >= 0.3 is 6.03 Å². The van der Waals surface area contributed by atoms with Crippen LogP contribution in [0.5, 0.6) is 0 Å². The first-order chi connectivity index (χ1) is 9.32. The summed E-state index contributed by atoms with van der Waals surface area (Å²) in [6.07, 6.45) is 2.45. The van der Waals surface area contributed by atoms with E-state index in [1.54, 1.807) is 27.7 Å². The molecule has 0 bridgehead atoms. The summed E-state index contributed by atoms with van der Waals surface area (Å²) in [6.45, 7) is 6.99. The smallest absolute Gasteiger partial charge is 0.326 e. The molecule has 1 unspecified atom stereocenters. The fraction of sp³-hybridized carbons (Fsp3) is 0.615. The minimum Gasteiger partial charge on any atom is -0.326 e. The van der Waals surface area contributed by atoms with Gasteiger partial charge in [-0.25, -0.2) is 9.78 Å². The molecule has 0 aliphatic heterocycles. The van der Waals surface area contributed by atoms with Crippen molar-refractivity contribution in [3.05, 3.63) is 12.7 Å². The maximum Gasteiger partial charge on any atom is 0.344 e. The molecule has 0 aromatic carbocycles. The van der Waals surface area contributed by atoms with E-state index in [0.29, 0.717) is 0 Å². The Hall–Kier alpha value is -2.05. The normalized spacial score (nSPS) is 12.5. The number of nitrogens with one attached hydrogen (secondary N) is 1. The number of aromatic nitrogens is 3. The Morgan fingerprint density at radius 1 is 1.15 bits per heavy atom. The Balaban J connectivity index is 2.80. The monoisotopic (exact) mass is 280 g/mol. The van der Waals surface area contributed by atoms with Crippen LogP contribution in [0.4, 0.5) is 4.79 Å². The van der Waals surface area contributed by atoms with E-state index in [1.165, 1.54) is 12.7 Å². The summed E-state index contributed by atoms with van der Waals surface area (Å²) in [5.41, 5.74) is 0. The molecule has 0 spiro atoms. The van der Waals surface area contributed by atoms with E-state index < -0.39 is 12.1 Å². The van der Waals surface area contributed by atoms with Crippen LogP contribution in [0, 0.1) is 11.8 Å². The van der Waals surface area contributed by atoms with Gasteiger partial charge in [-0.05, 0) is 0 Å². The molecule has 0 aliphatic carbocycles. The van der Waals surface area contributed by atoms with E-state index in [2.05, 4.69) is 15.4 Å². The van der Waals surface area contributed by atoms with Gasteiger partial charge in [0.15, 0.2) is 5.78 Å². The number of amides is 1. The maximum atomic E-state index is 12.1. The van der Waals surface area contributed by atoms with Gasteiger partial charge in [-0.2, -0.15) is 9.78 Å². The third-order valence-electron chi connectivity index (χ3n) is 2.89. The molecule has 1 aromatic heterocycles. The number of carbonyl (C=O) groups excluding carboxylic acids is 3. The van der Waals surface area contributed by atoms with Crippen LogP contribution in [0.3, 0.4) is 0 Å². The standard InChI is InChI=1S/C13H20N4O3/c1-8(2)11(18)5-10(12(19)9(3)4)16-13(20)17-7-14-6-15-17/h6-10H,5H2,1-4H3,(H,16,20). The highest BCUT2D eigenvalue weighted by atomic mass is 16.2. The van der Waals surface area contributed by atoms with E-state index in [-0.39, 0.29) is 29.8 Å². The first-order valence-electron chi connectivity index (χ1n) is 6.54. The van der Waals surface area contributed by atoms with E-state index >= 15 is 0 Å². The number of ketones is 2. The van der Waals surface area contributed by atoms with Crippen molar-refractivity contribution < 1.29 is 14.4 Å². The number of hydrogen-bond acceptors (Lipinski definition) is 5. The number of nitrogens with zero attached hydrogens (tertiary/aromatic N) is 3. The lowest BCUT2D eigenvalue weighted by Gasteiger charge is -2.19. The highest BCUT2D eigenvalue weighted by molar-refractivity contribution is 5.94. The fourth-order valence-corrected chi connectivity index (χ4v) is 1.59. The second kappa shape index (κ2) is 6.93. The lowest BCUT2D eigenvalue weighted by atomic mass is 9.94. The molecule has 1 amide bonds. The molecule has 110 valence electrons. The van der Waals surface area contributed by atoms with E-state index in [1.807, 2.05) is 0 Å². The van der Waals surface area contributed by atoms with Crippen LogP contribution in [0.1, 0.15) is 34.1 Å². The van der Waals surface area contributed by atoms with Crippen LogP contribution in [0.2, 0.25) is 0 Å². The molecule has 1 aromatic rings. The molecule has 7 nitrogen and oxygen atoms in total. The van der Waals surface area contributed by atoms with Gasteiger partial charge in [-0.3, -0.25) is 9.59 Å². The highest BCUT2D eigenvalue weighted by Crippen LogP contribution is 2.08. The largest absolute Gasteiger partial charge is 0.344 e. The quantitative estimate of drug-likeness (QED) is 0.840. The predicted octanol–water partition coefficient (Wildman–Crippen LogP) is 1.04. The Kier molecular flexibility index (Phi) is 5.54. The first-order valence-corrected chi connectivity index (χ1v) is 6.54. The van der Waals surface area contributed by atoms with Gasteiger partial charge in [-0.15, -0.1) is 0 Å². The molecule has 0 saturated heterocycles. The minimum atomic E-state index is -0.832. The minimum absolute atomic E-state index is 0.00484. The van der Waals surface area contributed by atoms with Crippen molar-refractivity contribution in [2.75, 3.05) is 0 Å². The number of Topliss-reactive ketones (excluding diaryl/α,β-unsaturated/α-hetero) is 2. The molecule has 1 atom stereocenters. The van der Waals surface area contributed by atoms with Gasteiger partial charge in [0.05, 0.1) is 6.04 Å². The Morgan fingerprint density at radius 2 is 1.80 bits per heavy atom. The van der Waals surface area contributed by atoms with Crippen molar-refractivity contribution >= 4 is 17.6 Å². The maximum absolute atomic E-state index is 12.1. The van der Waals surface area contributed by atoms with Crippen molar-refractivity contribution in [3.63, 3.8) is 0 Å². The van der Waals surface area contributed by atoms with Crippen molar-refractivity contribution in [2.24, 2.45) is 11.8 Å². The zero-order valence-corrected chi connectivity index (χ0v) is 12.2. The van der Waals surface area contributed by atoms with E-state index in [4.69, 9.17) is 0 Å². The summed E-state index contributed by atoms with van der Waals surface area (Å²) in [5, 5.41) is 6.22. The van der Waals surface area contributed by atoms with Gasteiger partial charge in [-0.1, -0.05) is 27.7 Å². The third-order valence-corrected chi connectivity index (χ3v) is 2.89. The molecular formula is C13H20N4O3. The zero-order chi connectivity index (χ0) is 15.3. The second-order valence-electron chi connectivity index (χ2n) is 5.22.